The van der Waals surface area contributed by atoms with E-state index in [2.05, 4.69) is 50.2 Å². The molecule has 0 aromatic heterocycles. The Balaban J connectivity index is 1.55. The van der Waals surface area contributed by atoms with Gasteiger partial charge in [-0.3, -0.25) is 9.69 Å². The number of amides is 3. The third kappa shape index (κ3) is 2.96. The largest absolute Gasteiger partial charge is 0.349 e. The van der Waals surface area contributed by atoms with Crippen molar-refractivity contribution in [3.63, 3.8) is 0 Å². The van der Waals surface area contributed by atoms with Crippen LogP contribution in [0.3, 0.4) is 0 Å². The molecule has 5 atom stereocenters. The van der Waals surface area contributed by atoms with Crippen molar-refractivity contribution in [3.8, 4) is 0 Å². The molecule has 2 saturated heterocycles. The van der Waals surface area contributed by atoms with Gasteiger partial charge in [-0.1, -0.05) is 74.0 Å². The number of ether oxygens (including phenoxy) is 1. The molecule has 3 amide bonds. The number of fused-ring (bicyclic) bond motifs is 6. The lowest BCUT2D eigenvalue weighted by Gasteiger charge is -2.56. The second kappa shape index (κ2) is 7.54. The van der Waals surface area contributed by atoms with E-state index in [0.29, 0.717) is 0 Å². The van der Waals surface area contributed by atoms with Gasteiger partial charge in [0.15, 0.2) is 0 Å². The van der Waals surface area contributed by atoms with Crippen LogP contribution in [0.15, 0.2) is 60.2 Å². The molecule has 0 N–H and O–H groups in total. The molecule has 5 nitrogen and oxygen atoms in total. The topological polar surface area (TPSA) is 49.9 Å². The van der Waals surface area contributed by atoms with Gasteiger partial charge >= 0.3 is 6.03 Å². The van der Waals surface area contributed by atoms with E-state index in [9.17, 15) is 9.59 Å². The highest BCUT2D eigenvalue weighted by Gasteiger charge is 2.58. The minimum absolute atomic E-state index is 0.0152. The molecule has 2 aliphatic heterocycles. The first-order valence-corrected chi connectivity index (χ1v) is 12.4. The number of nitrogens with zero attached hydrogens (tertiary/aromatic N) is 2. The summed E-state index contributed by atoms with van der Waals surface area (Å²) in [6.45, 7) is 4.63. The van der Waals surface area contributed by atoms with Crippen LogP contribution in [0.2, 0.25) is 0 Å². The summed E-state index contributed by atoms with van der Waals surface area (Å²) in [5.74, 6) is -0.252. The minimum Gasteiger partial charge on any atom is -0.349 e. The maximum Gasteiger partial charge on any atom is 0.328 e. The Labute approximate surface area is 201 Å². The predicted molar refractivity (Wildman–Crippen MR) is 131 cm³/mol. The summed E-state index contributed by atoms with van der Waals surface area (Å²) in [5.41, 5.74) is 6.67. The van der Waals surface area contributed by atoms with Gasteiger partial charge < -0.3 is 9.64 Å². The van der Waals surface area contributed by atoms with Crippen molar-refractivity contribution in [3.05, 3.63) is 76.9 Å². The summed E-state index contributed by atoms with van der Waals surface area (Å²) in [7, 11) is 3.37. The second-order valence-corrected chi connectivity index (χ2v) is 11.0. The van der Waals surface area contributed by atoms with Crippen LogP contribution < -0.4 is 0 Å². The van der Waals surface area contributed by atoms with Crippen molar-refractivity contribution in [2.24, 2.45) is 17.8 Å². The lowest BCUT2D eigenvalue weighted by atomic mass is 9.57. The number of hydrogen-bond acceptors (Lipinski definition) is 3. The molecule has 2 aromatic carbocycles. The van der Waals surface area contributed by atoms with Crippen LogP contribution in [0.1, 0.15) is 55.9 Å². The molecule has 4 aliphatic rings. The first-order chi connectivity index (χ1) is 16.3. The fourth-order valence-corrected chi connectivity index (χ4v) is 7.13. The van der Waals surface area contributed by atoms with Crippen LogP contribution in [0.5, 0.6) is 0 Å². The highest BCUT2D eigenvalue weighted by atomic mass is 16.5. The molecular weight excluding hydrogens is 424 g/mol. The monoisotopic (exact) mass is 456 g/mol. The molecule has 2 aliphatic carbocycles. The zero-order chi connectivity index (χ0) is 23.8. The van der Waals surface area contributed by atoms with Gasteiger partial charge in [0.2, 0.25) is 5.91 Å². The maximum absolute atomic E-state index is 13.7. The maximum atomic E-state index is 13.7. The summed E-state index contributed by atoms with van der Waals surface area (Å²) < 4.78 is 6.68. The second-order valence-electron chi connectivity index (χ2n) is 11.0. The molecule has 2 unspecified atom stereocenters. The molecule has 5 heteroatoms. The van der Waals surface area contributed by atoms with E-state index in [1.807, 2.05) is 18.2 Å². The number of allylic oxidation sites excluding steroid dienone is 2. The number of carbonyl (C=O) groups is 2. The van der Waals surface area contributed by atoms with Gasteiger partial charge in [0, 0.05) is 20.0 Å². The fourth-order valence-electron chi connectivity index (χ4n) is 7.13. The zero-order valence-electron chi connectivity index (χ0n) is 20.3. The van der Waals surface area contributed by atoms with Crippen LogP contribution in [0, 0.1) is 17.8 Å². The van der Waals surface area contributed by atoms with Gasteiger partial charge in [-0.2, -0.15) is 0 Å². The van der Waals surface area contributed by atoms with Crippen LogP contribution in [0.25, 0.3) is 5.57 Å². The van der Waals surface area contributed by atoms with Crippen molar-refractivity contribution in [1.82, 2.24) is 9.80 Å². The van der Waals surface area contributed by atoms with Gasteiger partial charge in [-0.15, -0.1) is 0 Å². The molecule has 0 saturated carbocycles. The first kappa shape index (κ1) is 21.6. The third-order valence-corrected chi connectivity index (χ3v) is 8.68. The lowest BCUT2D eigenvalue weighted by molar-refractivity contribution is -0.205. The highest BCUT2D eigenvalue weighted by Crippen LogP contribution is 2.59. The van der Waals surface area contributed by atoms with E-state index in [-0.39, 0.29) is 41.2 Å². The number of imide groups is 1. The molecule has 2 aromatic rings. The van der Waals surface area contributed by atoms with Crippen molar-refractivity contribution < 1.29 is 14.3 Å². The quantitative estimate of drug-likeness (QED) is 0.578. The van der Waals surface area contributed by atoms with Crippen LogP contribution in [0.4, 0.5) is 4.79 Å². The first-order valence-electron chi connectivity index (χ1n) is 12.4. The van der Waals surface area contributed by atoms with E-state index in [0.717, 1.165) is 24.8 Å². The summed E-state index contributed by atoms with van der Waals surface area (Å²) in [4.78, 5) is 29.5. The predicted octanol–water partition coefficient (Wildman–Crippen LogP) is 5.39. The van der Waals surface area contributed by atoms with Crippen LogP contribution in [-0.4, -0.2) is 42.1 Å². The number of benzene rings is 2. The molecule has 0 spiro atoms. The molecule has 2 heterocycles. The Morgan fingerprint density at radius 1 is 0.941 bits per heavy atom. The smallest absolute Gasteiger partial charge is 0.328 e. The highest BCUT2D eigenvalue weighted by molar-refractivity contribution is 5.98. The van der Waals surface area contributed by atoms with E-state index in [4.69, 9.17) is 4.74 Å². The third-order valence-electron chi connectivity index (χ3n) is 8.68. The molecule has 2 fully saturated rings. The summed E-state index contributed by atoms with van der Waals surface area (Å²) in [5, 5.41) is 0. The van der Waals surface area contributed by atoms with Gasteiger partial charge in [-0.25, -0.2) is 4.79 Å². The normalized spacial score (nSPS) is 32.1. The van der Waals surface area contributed by atoms with Crippen LogP contribution >= 0.6 is 0 Å². The Morgan fingerprint density at radius 3 is 2.41 bits per heavy atom. The summed E-state index contributed by atoms with van der Waals surface area (Å²) in [6.07, 6.45) is 2.19. The Morgan fingerprint density at radius 2 is 1.65 bits per heavy atom. The van der Waals surface area contributed by atoms with Crippen molar-refractivity contribution in [2.45, 2.75) is 50.9 Å². The number of carbonyl (C=O) groups excluding carboxylic acids is 2. The Bertz CT molecular complexity index is 1200. The van der Waals surface area contributed by atoms with E-state index >= 15 is 0 Å². The van der Waals surface area contributed by atoms with Crippen molar-refractivity contribution in [2.75, 3.05) is 14.1 Å². The van der Waals surface area contributed by atoms with Crippen LogP contribution in [-0.2, 0) is 14.9 Å². The van der Waals surface area contributed by atoms with E-state index in [1.165, 1.54) is 27.2 Å². The molecule has 34 heavy (non-hydrogen) atoms. The van der Waals surface area contributed by atoms with Gasteiger partial charge in [0.05, 0.1) is 12.0 Å². The standard InChI is InChI=1S/C29H32N2O3/c1-29(2)16-21-18(19-12-8-9-13-22(19)29)14-15-20-23(21)24-26(32)30(3)28(33)31(4)27(24)34-25(20)17-10-6-5-7-11-17/h5-13,20,23-25,27H,14-16H2,1-4H3/t20-,23-,24?,25+,27?/m1/s1. The van der Waals surface area contributed by atoms with E-state index in [1.54, 1.807) is 19.0 Å². The number of hydrogen-bond donors (Lipinski definition) is 0. The average Bonchev–Trinajstić information content (AvgIpc) is 2.85. The average molecular weight is 457 g/mol. The lowest BCUT2D eigenvalue weighted by Crippen LogP contribution is -2.65. The summed E-state index contributed by atoms with van der Waals surface area (Å²) in [6, 6.07) is 18.8. The molecule has 6 rings (SSSR count). The molecular formula is C29H32N2O3. The molecule has 0 bridgehead atoms. The van der Waals surface area contributed by atoms with Crippen molar-refractivity contribution in [1.29, 1.82) is 0 Å². The number of urea groups is 1. The zero-order valence-corrected chi connectivity index (χ0v) is 20.3. The minimum atomic E-state index is -0.560. The molecule has 176 valence electrons. The summed E-state index contributed by atoms with van der Waals surface area (Å²) >= 11 is 0. The van der Waals surface area contributed by atoms with Gasteiger partial charge in [0.1, 0.15) is 6.23 Å². The Hall–Kier alpha value is -2.92. The van der Waals surface area contributed by atoms with Gasteiger partial charge in [-0.05, 0) is 52.9 Å². The number of rotatable bonds is 1. The van der Waals surface area contributed by atoms with Gasteiger partial charge in [0.25, 0.3) is 0 Å². The van der Waals surface area contributed by atoms with E-state index < -0.39 is 6.23 Å². The van der Waals surface area contributed by atoms with Crippen molar-refractivity contribution >= 4 is 17.5 Å². The molecule has 0 radical (unpaired) electrons. The SMILES string of the molecule is CN1C(=O)C2C(O[C@@H](c3ccccc3)[C@@H]3CCC4=C(CC(C)(C)c5ccccc54)[C@H]23)N(C)C1=O. The fraction of sp³-hybridized carbons (Fsp3) is 0.448. The Kier molecular flexibility index (Phi) is 4.79.